The van der Waals surface area contributed by atoms with Gasteiger partial charge in [-0.05, 0) is 58.0 Å². The number of hydrogen-bond acceptors (Lipinski definition) is 2. The molecule has 1 saturated carbocycles. The molecule has 3 nitrogen and oxygen atoms in total. The Morgan fingerprint density at radius 3 is 2.45 bits per heavy atom. The zero-order chi connectivity index (χ0) is 14.4. The SMILES string of the molecule is CC(C)N(CC1CCCNC1)C(=O)CCC1CCCC1. The molecule has 1 heterocycles. The van der Waals surface area contributed by atoms with Crippen LogP contribution in [0.15, 0.2) is 0 Å². The van der Waals surface area contributed by atoms with Gasteiger partial charge in [-0.3, -0.25) is 4.79 Å². The topological polar surface area (TPSA) is 32.3 Å². The summed E-state index contributed by atoms with van der Waals surface area (Å²) >= 11 is 0. The maximum atomic E-state index is 12.5. The average molecular weight is 280 g/mol. The van der Waals surface area contributed by atoms with Crippen molar-refractivity contribution in [3.05, 3.63) is 0 Å². The molecule has 1 saturated heterocycles. The number of rotatable bonds is 6. The monoisotopic (exact) mass is 280 g/mol. The number of amides is 1. The summed E-state index contributed by atoms with van der Waals surface area (Å²) in [4.78, 5) is 14.7. The Morgan fingerprint density at radius 1 is 1.15 bits per heavy atom. The van der Waals surface area contributed by atoms with E-state index in [4.69, 9.17) is 0 Å². The van der Waals surface area contributed by atoms with Crippen molar-refractivity contribution in [3.8, 4) is 0 Å². The Hall–Kier alpha value is -0.570. The molecule has 1 amide bonds. The van der Waals surface area contributed by atoms with E-state index in [1.54, 1.807) is 0 Å². The third-order valence-corrected chi connectivity index (χ3v) is 5.04. The zero-order valence-electron chi connectivity index (χ0n) is 13.4. The molecule has 0 spiro atoms. The Morgan fingerprint density at radius 2 is 1.85 bits per heavy atom. The van der Waals surface area contributed by atoms with Crippen LogP contribution in [-0.2, 0) is 4.79 Å². The van der Waals surface area contributed by atoms with Gasteiger partial charge in [0.1, 0.15) is 0 Å². The lowest BCUT2D eigenvalue weighted by Crippen LogP contribution is -2.44. The van der Waals surface area contributed by atoms with Crippen LogP contribution >= 0.6 is 0 Å². The number of hydrogen-bond donors (Lipinski definition) is 1. The van der Waals surface area contributed by atoms with Crippen LogP contribution in [0, 0.1) is 11.8 Å². The summed E-state index contributed by atoms with van der Waals surface area (Å²) in [5.74, 6) is 1.86. The van der Waals surface area contributed by atoms with Crippen molar-refractivity contribution in [2.24, 2.45) is 11.8 Å². The van der Waals surface area contributed by atoms with Crippen LogP contribution in [0.5, 0.6) is 0 Å². The van der Waals surface area contributed by atoms with Crippen molar-refractivity contribution in [1.29, 1.82) is 0 Å². The van der Waals surface area contributed by atoms with Crippen molar-refractivity contribution in [2.75, 3.05) is 19.6 Å². The minimum absolute atomic E-state index is 0.341. The van der Waals surface area contributed by atoms with E-state index in [1.807, 2.05) is 0 Å². The molecule has 0 aromatic rings. The molecule has 0 bridgehead atoms. The third-order valence-electron chi connectivity index (χ3n) is 5.04. The first-order chi connectivity index (χ1) is 9.66. The molecule has 3 heteroatoms. The van der Waals surface area contributed by atoms with E-state index in [1.165, 1.54) is 38.5 Å². The quantitative estimate of drug-likeness (QED) is 0.810. The first-order valence-corrected chi connectivity index (χ1v) is 8.67. The smallest absolute Gasteiger partial charge is 0.222 e. The van der Waals surface area contributed by atoms with Crippen LogP contribution in [0.3, 0.4) is 0 Å². The van der Waals surface area contributed by atoms with Gasteiger partial charge < -0.3 is 10.2 Å². The van der Waals surface area contributed by atoms with Crippen LogP contribution < -0.4 is 5.32 Å². The Bertz CT molecular complexity index is 291. The molecule has 1 atom stereocenters. The number of nitrogens with one attached hydrogen (secondary N) is 1. The standard InChI is InChI=1S/C17H32N2O/c1-14(2)19(13-16-8-5-11-18-12-16)17(20)10-9-15-6-3-4-7-15/h14-16,18H,3-13H2,1-2H3. The summed E-state index contributed by atoms with van der Waals surface area (Å²) in [6.07, 6.45) is 9.86. The van der Waals surface area contributed by atoms with E-state index in [0.717, 1.165) is 38.4 Å². The van der Waals surface area contributed by atoms with E-state index in [-0.39, 0.29) is 0 Å². The van der Waals surface area contributed by atoms with E-state index in [2.05, 4.69) is 24.1 Å². The molecule has 1 N–H and O–H groups in total. The normalized spacial score (nSPS) is 24.2. The van der Waals surface area contributed by atoms with Gasteiger partial charge in [0.25, 0.3) is 0 Å². The summed E-state index contributed by atoms with van der Waals surface area (Å²) in [5.41, 5.74) is 0. The maximum absolute atomic E-state index is 12.5. The molecule has 1 unspecified atom stereocenters. The first-order valence-electron chi connectivity index (χ1n) is 8.67. The van der Waals surface area contributed by atoms with E-state index in [9.17, 15) is 4.79 Å². The molecule has 2 rings (SSSR count). The van der Waals surface area contributed by atoms with Crippen LogP contribution in [0.25, 0.3) is 0 Å². The second kappa shape index (κ2) is 8.02. The third kappa shape index (κ3) is 4.76. The Balaban J connectivity index is 1.78. The van der Waals surface area contributed by atoms with Crippen molar-refractivity contribution < 1.29 is 4.79 Å². The van der Waals surface area contributed by atoms with Crippen LogP contribution in [0.2, 0.25) is 0 Å². The summed E-state index contributed by atoms with van der Waals surface area (Å²) in [6.45, 7) is 7.49. The number of carbonyl (C=O) groups is 1. The van der Waals surface area contributed by atoms with Gasteiger partial charge in [-0.15, -0.1) is 0 Å². The van der Waals surface area contributed by atoms with Gasteiger partial charge in [-0.25, -0.2) is 0 Å². The van der Waals surface area contributed by atoms with Gasteiger partial charge in [-0.1, -0.05) is 25.7 Å². The summed E-state index contributed by atoms with van der Waals surface area (Å²) < 4.78 is 0. The molecule has 1 aliphatic carbocycles. The highest BCUT2D eigenvalue weighted by Crippen LogP contribution is 2.29. The Labute approximate surface area is 124 Å². The molecule has 116 valence electrons. The summed E-state index contributed by atoms with van der Waals surface area (Å²) in [5, 5.41) is 3.46. The molecule has 2 aliphatic rings. The minimum Gasteiger partial charge on any atom is -0.340 e. The largest absolute Gasteiger partial charge is 0.340 e. The molecular formula is C17H32N2O. The maximum Gasteiger partial charge on any atom is 0.222 e. The molecule has 20 heavy (non-hydrogen) atoms. The number of carbonyl (C=O) groups excluding carboxylic acids is 1. The highest BCUT2D eigenvalue weighted by Gasteiger charge is 2.24. The molecule has 0 radical (unpaired) electrons. The fourth-order valence-corrected chi connectivity index (χ4v) is 3.73. The van der Waals surface area contributed by atoms with Gasteiger partial charge in [-0.2, -0.15) is 0 Å². The second-order valence-corrected chi connectivity index (χ2v) is 7.04. The van der Waals surface area contributed by atoms with Gasteiger partial charge in [0, 0.05) is 19.0 Å². The molecule has 0 aromatic heterocycles. The van der Waals surface area contributed by atoms with Crippen molar-refractivity contribution in [3.63, 3.8) is 0 Å². The predicted octanol–water partition coefficient (Wildman–Crippen LogP) is 3.19. The predicted molar refractivity (Wildman–Crippen MR) is 83.6 cm³/mol. The fourth-order valence-electron chi connectivity index (χ4n) is 3.73. The lowest BCUT2D eigenvalue weighted by atomic mass is 9.97. The Kier molecular flexibility index (Phi) is 6.34. The summed E-state index contributed by atoms with van der Waals surface area (Å²) in [7, 11) is 0. The molecule has 0 aromatic carbocycles. The van der Waals surface area contributed by atoms with Crippen LogP contribution in [0.4, 0.5) is 0 Å². The molecular weight excluding hydrogens is 248 g/mol. The van der Waals surface area contributed by atoms with Gasteiger partial charge in [0.2, 0.25) is 5.91 Å². The zero-order valence-corrected chi connectivity index (χ0v) is 13.4. The van der Waals surface area contributed by atoms with E-state index in [0.29, 0.717) is 17.9 Å². The second-order valence-electron chi connectivity index (χ2n) is 7.04. The van der Waals surface area contributed by atoms with Gasteiger partial charge in [0.05, 0.1) is 0 Å². The lowest BCUT2D eigenvalue weighted by Gasteiger charge is -2.33. The van der Waals surface area contributed by atoms with Gasteiger partial charge in [0.15, 0.2) is 0 Å². The lowest BCUT2D eigenvalue weighted by molar-refractivity contribution is -0.134. The van der Waals surface area contributed by atoms with Crippen molar-refractivity contribution in [2.45, 2.75) is 71.3 Å². The van der Waals surface area contributed by atoms with Crippen LogP contribution in [0.1, 0.15) is 65.2 Å². The minimum atomic E-state index is 0.341. The van der Waals surface area contributed by atoms with E-state index < -0.39 is 0 Å². The highest BCUT2D eigenvalue weighted by atomic mass is 16.2. The fraction of sp³-hybridized carbons (Fsp3) is 0.941. The molecule has 1 aliphatic heterocycles. The van der Waals surface area contributed by atoms with Gasteiger partial charge >= 0.3 is 0 Å². The number of nitrogens with zero attached hydrogens (tertiary/aromatic N) is 1. The van der Waals surface area contributed by atoms with Crippen molar-refractivity contribution in [1.82, 2.24) is 10.2 Å². The van der Waals surface area contributed by atoms with E-state index >= 15 is 0 Å². The number of piperidine rings is 1. The first kappa shape index (κ1) is 15.8. The average Bonchev–Trinajstić information content (AvgIpc) is 2.96. The van der Waals surface area contributed by atoms with Crippen LogP contribution in [-0.4, -0.2) is 36.5 Å². The van der Waals surface area contributed by atoms with Crippen molar-refractivity contribution >= 4 is 5.91 Å². The molecule has 2 fully saturated rings. The summed E-state index contributed by atoms with van der Waals surface area (Å²) in [6, 6.07) is 0.341. The highest BCUT2D eigenvalue weighted by molar-refractivity contribution is 5.76.